The summed E-state index contributed by atoms with van der Waals surface area (Å²) in [5.74, 6) is -0.144. The maximum absolute atomic E-state index is 11.3. The second kappa shape index (κ2) is 10.7. The van der Waals surface area contributed by atoms with Crippen molar-refractivity contribution in [3.8, 4) is 0 Å². The number of hydrogen-bond acceptors (Lipinski definition) is 4. The van der Waals surface area contributed by atoms with Crippen molar-refractivity contribution in [1.29, 1.82) is 0 Å². The van der Waals surface area contributed by atoms with E-state index in [9.17, 15) is 9.59 Å². The van der Waals surface area contributed by atoms with Gasteiger partial charge in [0, 0.05) is 32.8 Å². The topological polar surface area (TPSA) is 102 Å². The molecule has 0 unspecified atom stereocenters. The fraction of sp³-hybridized carbons (Fsp3) is 0.636. The molecule has 0 radical (unpaired) electrons. The Kier molecular flexibility index (Phi) is 10.1. The average Bonchev–Trinajstić information content (AvgIpc) is 2.38. The van der Waals surface area contributed by atoms with Crippen molar-refractivity contribution in [3.63, 3.8) is 0 Å². The third kappa shape index (κ3) is 10.4. The van der Waals surface area contributed by atoms with Crippen molar-refractivity contribution in [3.05, 3.63) is 12.7 Å². The summed E-state index contributed by atoms with van der Waals surface area (Å²) in [7, 11) is -0.205. The Morgan fingerprint density at radius 2 is 1.84 bits per heavy atom. The summed E-state index contributed by atoms with van der Waals surface area (Å²) in [6, 6.07) is -0.294. The summed E-state index contributed by atoms with van der Waals surface area (Å²) in [5.41, 5.74) is 0. The molecular weight excluding hydrogens is 269 g/mol. The maximum atomic E-state index is 11.3. The number of nitrogens with one attached hydrogen (secondary N) is 2. The van der Waals surface area contributed by atoms with Crippen LogP contribution in [0.2, 0.25) is 0 Å². The number of nitrogens with zero attached hydrogens (tertiary/aromatic N) is 1. The van der Waals surface area contributed by atoms with Crippen molar-refractivity contribution in [2.24, 2.45) is 0 Å². The van der Waals surface area contributed by atoms with Crippen molar-refractivity contribution < 1.29 is 19.4 Å². The van der Waals surface area contributed by atoms with Crippen molar-refractivity contribution in [2.45, 2.75) is 12.8 Å². The van der Waals surface area contributed by atoms with Crippen LogP contribution in [0.1, 0.15) is 12.8 Å². The molecule has 4 N–H and O–H groups in total. The summed E-state index contributed by atoms with van der Waals surface area (Å²) in [5, 5.41) is 5.25. The molecular formula is C11H22N3O4P. The van der Waals surface area contributed by atoms with E-state index < -0.39 is 8.38 Å². The minimum absolute atomic E-state index is 0.144. The molecule has 0 atom stereocenters. The zero-order valence-corrected chi connectivity index (χ0v) is 12.0. The van der Waals surface area contributed by atoms with Gasteiger partial charge >= 0.3 is 6.03 Å². The van der Waals surface area contributed by atoms with Crippen LogP contribution in [0.25, 0.3) is 0 Å². The van der Waals surface area contributed by atoms with Crippen LogP contribution in [0.4, 0.5) is 4.79 Å². The molecule has 0 bridgehead atoms. The quantitative estimate of drug-likeness (QED) is 0.273. The minimum atomic E-state index is -1.88. The molecule has 0 heterocycles. The summed E-state index contributed by atoms with van der Waals surface area (Å²) < 4.78 is 0. The van der Waals surface area contributed by atoms with E-state index in [1.807, 2.05) is 0 Å². The predicted molar refractivity (Wildman–Crippen MR) is 74.7 cm³/mol. The molecule has 0 aliphatic carbocycles. The monoisotopic (exact) mass is 291 g/mol. The summed E-state index contributed by atoms with van der Waals surface area (Å²) >= 11 is 0. The first kappa shape index (κ1) is 17.8. The van der Waals surface area contributed by atoms with Crippen LogP contribution in [0.3, 0.4) is 0 Å². The van der Waals surface area contributed by atoms with E-state index in [1.54, 1.807) is 7.05 Å². The lowest BCUT2D eigenvalue weighted by molar-refractivity contribution is -0.124. The summed E-state index contributed by atoms with van der Waals surface area (Å²) in [6.45, 7) is 4.80. The molecule has 0 rings (SSSR count). The zero-order valence-electron chi connectivity index (χ0n) is 11.1. The molecule has 0 aromatic carbocycles. The second-order valence-corrected chi connectivity index (χ2v) is 5.14. The fourth-order valence-electron chi connectivity index (χ4n) is 1.27. The van der Waals surface area contributed by atoms with Gasteiger partial charge in [0.25, 0.3) is 0 Å². The van der Waals surface area contributed by atoms with Gasteiger partial charge in [-0.1, -0.05) is 6.58 Å². The molecule has 19 heavy (non-hydrogen) atoms. The zero-order chi connectivity index (χ0) is 14.7. The molecule has 0 saturated heterocycles. The number of carbonyl (C=O) groups is 2. The number of carbonyl (C=O) groups excluding carboxylic acids is 2. The van der Waals surface area contributed by atoms with Gasteiger partial charge in [0.05, 0.1) is 0 Å². The third-order valence-electron chi connectivity index (χ3n) is 2.33. The Bertz CT molecular complexity index is 300. The van der Waals surface area contributed by atoms with E-state index in [4.69, 9.17) is 9.79 Å². The van der Waals surface area contributed by atoms with E-state index in [1.165, 1.54) is 11.0 Å². The van der Waals surface area contributed by atoms with Gasteiger partial charge in [-0.25, -0.2) is 4.79 Å². The largest absolute Gasteiger partial charge is 0.350 e. The third-order valence-corrected chi connectivity index (χ3v) is 3.04. The molecule has 0 aliphatic rings. The van der Waals surface area contributed by atoms with Crippen LogP contribution in [-0.2, 0) is 4.79 Å². The smallest absolute Gasteiger partial charge is 0.314 e. The number of amides is 3. The van der Waals surface area contributed by atoms with Gasteiger partial charge in [-0.3, -0.25) is 4.79 Å². The van der Waals surface area contributed by atoms with Gasteiger partial charge in [-0.05, 0) is 18.9 Å². The summed E-state index contributed by atoms with van der Waals surface area (Å²) in [4.78, 5) is 41.3. The standard InChI is InChI=1S/C11H22N3O4P/c1-3-10(15)14(2)8-4-6-12-11(16)13-7-5-9-19(17)18/h3,17-18H,1,4-9H2,2H3,(H2,12,13,16). The van der Waals surface area contributed by atoms with Crippen LogP contribution >= 0.6 is 8.38 Å². The van der Waals surface area contributed by atoms with E-state index in [2.05, 4.69) is 17.2 Å². The molecule has 7 nitrogen and oxygen atoms in total. The normalized spacial score (nSPS) is 10.1. The van der Waals surface area contributed by atoms with Gasteiger partial charge in [0.2, 0.25) is 5.91 Å². The number of likely N-dealkylation sites (N-methyl/N-ethyl adjacent to an activating group) is 1. The second-order valence-electron chi connectivity index (χ2n) is 3.95. The Hall–Kier alpha value is -1.17. The molecule has 8 heteroatoms. The van der Waals surface area contributed by atoms with Gasteiger partial charge < -0.3 is 25.3 Å². The van der Waals surface area contributed by atoms with Crippen LogP contribution in [0.5, 0.6) is 0 Å². The Balaban J connectivity index is 3.48. The first-order valence-electron chi connectivity index (χ1n) is 6.02. The highest BCUT2D eigenvalue weighted by Gasteiger charge is 2.04. The lowest BCUT2D eigenvalue weighted by Crippen LogP contribution is -2.38. The molecule has 0 fully saturated rings. The number of rotatable bonds is 9. The van der Waals surface area contributed by atoms with Gasteiger partial charge in [0.1, 0.15) is 0 Å². The first-order chi connectivity index (χ1) is 8.97. The molecule has 110 valence electrons. The van der Waals surface area contributed by atoms with Crippen LogP contribution in [0.15, 0.2) is 12.7 Å². The first-order valence-corrected chi connectivity index (χ1v) is 7.45. The van der Waals surface area contributed by atoms with Crippen molar-refractivity contribution in [1.82, 2.24) is 15.5 Å². The van der Waals surface area contributed by atoms with Crippen LogP contribution < -0.4 is 10.6 Å². The lowest BCUT2D eigenvalue weighted by Gasteiger charge is -2.15. The van der Waals surface area contributed by atoms with Crippen LogP contribution in [-0.4, -0.2) is 59.5 Å². The number of hydrogen-bond donors (Lipinski definition) is 4. The van der Waals surface area contributed by atoms with Crippen LogP contribution in [0, 0.1) is 0 Å². The van der Waals surface area contributed by atoms with E-state index in [0.29, 0.717) is 38.6 Å². The summed E-state index contributed by atoms with van der Waals surface area (Å²) in [6.07, 6.45) is 2.73. The van der Waals surface area contributed by atoms with Crippen molar-refractivity contribution in [2.75, 3.05) is 32.8 Å². The van der Waals surface area contributed by atoms with E-state index >= 15 is 0 Å². The van der Waals surface area contributed by atoms with Gasteiger partial charge in [-0.2, -0.15) is 0 Å². The average molecular weight is 291 g/mol. The highest BCUT2D eigenvalue weighted by molar-refractivity contribution is 7.45. The van der Waals surface area contributed by atoms with Crippen molar-refractivity contribution >= 4 is 20.3 Å². The maximum Gasteiger partial charge on any atom is 0.314 e. The molecule has 3 amide bonds. The minimum Gasteiger partial charge on any atom is -0.350 e. The SMILES string of the molecule is C=CC(=O)N(C)CCCNC(=O)NCCCP(O)O. The Morgan fingerprint density at radius 1 is 1.26 bits per heavy atom. The fourth-order valence-corrected chi connectivity index (χ4v) is 1.71. The lowest BCUT2D eigenvalue weighted by atomic mass is 10.4. The molecule has 0 aromatic heterocycles. The van der Waals surface area contributed by atoms with E-state index in [0.717, 1.165) is 0 Å². The molecule has 0 aromatic rings. The predicted octanol–water partition coefficient (Wildman–Crippen LogP) is 0.00670. The van der Waals surface area contributed by atoms with Gasteiger partial charge in [-0.15, -0.1) is 0 Å². The Labute approximate surface area is 114 Å². The molecule has 0 aliphatic heterocycles. The van der Waals surface area contributed by atoms with Gasteiger partial charge in [0.15, 0.2) is 8.38 Å². The highest BCUT2D eigenvalue weighted by atomic mass is 31.2. The highest BCUT2D eigenvalue weighted by Crippen LogP contribution is 2.22. The Morgan fingerprint density at radius 3 is 2.37 bits per heavy atom. The molecule has 0 saturated carbocycles. The van der Waals surface area contributed by atoms with E-state index in [-0.39, 0.29) is 11.9 Å². The number of urea groups is 1. The molecule has 0 spiro atoms.